The first kappa shape index (κ1) is 31.5. The van der Waals surface area contributed by atoms with Gasteiger partial charge in [-0.15, -0.1) is 0 Å². The molecule has 1 N–H and O–H groups in total. The summed E-state index contributed by atoms with van der Waals surface area (Å²) in [5.41, 5.74) is -0.131. The van der Waals surface area contributed by atoms with Gasteiger partial charge in [0.2, 0.25) is 11.4 Å². The first-order valence-corrected chi connectivity index (χ1v) is 20.5. The molecule has 3 aromatic rings. The van der Waals surface area contributed by atoms with Crippen LogP contribution in [-0.2, 0) is 23.9 Å². The Morgan fingerprint density at radius 3 is 2.12 bits per heavy atom. The quantitative estimate of drug-likeness (QED) is 0.243. The van der Waals surface area contributed by atoms with E-state index < -0.39 is 40.2 Å². The van der Waals surface area contributed by atoms with E-state index in [1.807, 2.05) is 6.07 Å². The van der Waals surface area contributed by atoms with Crippen molar-refractivity contribution in [3.63, 3.8) is 0 Å². The number of nitrogens with one attached hydrogen (secondary N) is 1. The number of nitrogens with zero attached hydrogens (tertiary/aromatic N) is 4. The van der Waals surface area contributed by atoms with E-state index in [0.717, 1.165) is 0 Å². The second-order valence-corrected chi connectivity index (χ2v) is 24.1. The Kier molecular flexibility index (Phi) is 7.56. The largest absolute Gasteiger partial charge is 0.407 e. The lowest BCUT2D eigenvalue weighted by Gasteiger charge is -2.44. The number of fused-ring (bicyclic) bond motifs is 1. The molecule has 2 aliphatic rings. The van der Waals surface area contributed by atoms with Crippen LogP contribution in [0.25, 0.3) is 5.52 Å². The molecule has 2 aliphatic heterocycles. The van der Waals surface area contributed by atoms with Crippen molar-refractivity contribution in [1.82, 2.24) is 14.6 Å². The van der Waals surface area contributed by atoms with Crippen molar-refractivity contribution in [3.8, 4) is 6.07 Å². The molecule has 2 saturated heterocycles. The van der Waals surface area contributed by atoms with Crippen molar-refractivity contribution in [2.24, 2.45) is 0 Å². The Hall–Kier alpha value is -2.93. The van der Waals surface area contributed by atoms with Gasteiger partial charge in [-0.2, -0.15) is 10.4 Å². The van der Waals surface area contributed by atoms with E-state index in [1.165, 1.54) is 6.33 Å². The van der Waals surface area contributed by atoms with Gasteiger partial charge in [0.1, 0.15) is 36.7 Å². The maximum Gasteiger partial charge on any atom is 0.256 e. The van der Waals surface area contributed by atoms with Crippen LogP contribution >= 0.6 is 0 Å². The van der Waals surface area contributed by atoms with Crippen LogP contribution in [0.15, 0.2) is 48.8 Å². The average molecular weight is 622 g/mol. The molecule has 0 aliphatic carbocycles. The van der Waals surface area contributed by atoms with Crippen LogP contribution in [0, 0.1) is 11.3 Å². The highest BCUT2D eigenvalue weighted by molar-refractivity contribution is 6.74. The number of benzene rings is 1. The van der Waals surface area contributed by atoms with E-state index in [0.29, 0.717) is 29.2 Å². The number of amides is 1. The van der Waals surface area contributed by atoms with Crippen molar-refractivity contribution in [2.75, 3.05) is 11.9 Å². The Morgan fingerprint density at radius 1 is 1.00 bits per heavy atom. The standard InChI is InChI=1S/C31H43N5O5Si2/c1-28(2,3)42(7,8)39-24-25(40-43(9,10)29(4,5)6)31(19-38-31)41-30(24,18-32)23-17-16-22-26(33-20-34-36(22)23)35-27(37)21-14-12-11-13-15-21/h11-17,20,24-25H,19H2,1-10H3,(H,33,34,35,37)/t24-,25+,30+,31?/m1/s1. The maximum absolute atomic E-state index is 13.0. The molecule has 5 rings (SSSR count). The molecule has 1 unspecified atom stereocenters. The predicted octanol–water partition coefficient (Wildman–Crippen LogP) is 6.24. The molecule has 1 amide bonds. The fourth-order valence-electron chi connectivity index (χ4n) is 4.83. The number of hydrogen-bond acceptors (Lipinski definition) is 8. The molecule has 12 heteroatoms. The second-order valence-electron chi connectivity index (χ2n) is 14.6. The third-order valence-electron chi connectivity index (χ3n) is 9.59. The minimum Gasteiger partial charge on any atom is -0.407 e. The van der Waals surface area contributed by atoms with Gasteiger partial charge in [-0.1, -0.05) is 59.7 Å². The molecule has 0 radical (unpaired) electrons. The number of anilines is 1. The Morgan fingerprint density at radius 2 is 1.58 bits per heavy atom. The molecule has 10 nitrogen and oxygen atoms in total. The molecule has 1 spiro atoms. The highest BCUT2D eigenvalue weighted by Gasteiger charge is 2.74. The predicted molar refractivity (Wildman–Crippen MR) is 169 cm³/mol. The SMILES string of the molecule is CC(C)(C)[Si](C)(C)O[C@@H]1[C@H](O[Si](C)(C)C(C)(C)C)C2(CO2)O[C@@]1(C#N)c1ccc2c(NC(=O)c3ccccc3)ncnn12. The van der Waals surface area contributed by atoms with E-state index in [2.05, 4.69) is 89.2 Å². The summed E-state index contributed by atoms with van der Waals surface area (Å²) in [5.74, 6) is -1.10. The Bertz CT molecular complexity index is 1570. The number of epoxide rings is 1. The molecule has 4 atom stereocenters. The number of aromatic nitrogens is 3. The third kappa shape index (κ3) is 5.36. The van der Waals surface area contributed by atoms with Crippen molar-refractivity contribution in [2.45, 2.75) is 101 Å². The Balaban J connectivity index is 1.63. The molecular formula is C31H43N5O5Si2. The van der Waals surface area contributed by atoms with Gasteiger partial charge in [0, 0.05) is 5.56 Å². The lowest BCUT2D eigenvalue weighted by molar-refractivity contribution is -0.105. The monoisotopic (exact) mass is 621 g/mol. The van der Waals surface area contributed by atoms with Crippen LogP contribution in [0.4, 0.5) is 5.82 Å². The lowest BCUT2D eigenvalue weighted by Crippen LogP contribution is -2.56. The average Bonchev–Trinajstić information content (AvgIpc) is 3.48. The van der Waals surface area contributed by atoms with E-state index in [1.54, 1.807) is 40.9 Å². The van der Waals surface area contributed by atoms with Gasteiger partial charge < -0.3 is 23.6 Å². The number of nitriles is 1. The topological polar surface area (TPSA) is 123 Å². The number of rotatable bonds is 7. The van der Waals surface area contributed by atoms with Crippen molar-refractivity contribution >= 4 is 33.9 Å². The summed E-state index contributed by atoms with van der Waals surface area (Å²) in [7, 11) is -4.84. The van der Waals surface area contributed by atoms with E-state index in [9.17, 15) is 10.1 Å². The van der Waals surface area contributed by atoms with E-state index in [4.69, 9.17) is 18.3 Å². The fraction of sp³-hybridized carbons (Fsp3) is 0.548. The Labute approximate surface area is 256 Å². The van der Waals surface area contributed by atoms with Crippen LogP contribution in [0.5, 0.6) is 0 Å². The number of hydrogen-bond donors (Lipinski definition) is 1. The first-order chi connectivity index (χ1) is 19.9. The number of carbonyl (C=O) groups is 1. The van der Waals surface area contributed by atoms with E-state index >= 15 is 0 Å². The number of ether oxygens (including phenoxy) is 2. The molecule has 0 bridgehead atoms. The van der Waals surface area contributed by atoms with Crippen LogP contribution < -0.4 is 5.32 Å². The van der Waals surface area contributed by atoms with Gasteiger partial charge >= 0.3 is 0 Å². The molecule has 230 valence electrons. The van der Waals surface area contributed by atoms with Crippen LogP contribution in [0.2, 0.25) is 36.3 Å². The van der Waals surface area contributed by atoms with Crippen molar-refractivity contribution in [1.29, 1.82) is 5.26 Å². The van der Waals surface area contributed by atoms with Crippen LogP contribution in [-0.4, -0.2) is 61.7 Å². The van der Waals surface area contributed by atoms with Gasteiger partial charge in [0.25, 0.3) is 5.91 Å². The maximum atomic E-state index is 13.0. The highest BCUT2D eigenvalue weighted by atomic mass is 28.4. The smallest absolute Gasteiger partial charge is 0.256 e. The summed E-state index contributed by atoms with van der Waals surface area (Å²) in [6, 6.07) is 15.0. The van der Waals surface area contributed by atoms with Gasteiger partial charge in [0.15, 0.2) is 22.5 Å². The highest BCUT2D eigenvalue weighted by Crippen LogP contribution is 2.57. The van der Waals surface area contributed by atoms with Gasteiger partial charge in [-0.3, -0.25) is 4.79 Å². The third-order valence-corrected chi connectivity index (χ3v) is 18.5. The molecule has 43 heavy (non-hydrogen) atoms. The molecule has 1 aromatic carbocycles. The molecule has 4 heterocycles. The van der Waals surface area contributed by atoms with Gasteiger partial charge in [-0.25, -0.2) is 9.50 Å². The summed E-state index contributed by atoms with van der Waals surface area (Å²) >= 11 is 0. The summed E-state index contributed by atoms with van der Waals surface area (Å²) in [4.78, 5) is 17.3. The zero-order valence-electron chi connectivity index (χ0n) is 26.8. The minimum atomic E-state index is -2.47. The van der Waals surface area contributed by atoms with E-state index in [-0.39, 0.29) is 16.0 Å². The molecule has 2 aromatic heterocycles. The molecule has 2 fully saturated rings. The van der Waals surface area contributed by atoms with Crippen LogP contribution in [0.1, 0.15) is 57.6 Å². The summed E-state index contributed by atoms with van der Waals surface area (Å²) in [5, 5.41) is 18.2. The zero-order valence-corrected chi connectivity index (χ0v) is 28.8. The van der Waals surface area contributed by atoms with Gasteiger partial charge in [0.05, 0.1) is 5.69 Å². The molecular weight excluding hydrogens is 579 g/mol. The van der Waals surface area contributed by atoms with Crippen molar-refractivity contribution < 1.29 is 23.1 Å². The number of carbonyl (C=O) groups excluding carboxylic acids is 1. The summed E-state index contributed by atoms with van der Waals surface area (Å²) in [6.07, 6.45) is -0.0781. The summed E-state index contributed by atoms with van der Waals surface area (Å²) < 4.78 is 28.5. The van der Waals surface area contributed by atoms with Crippen molar-refractivity contribution in [3.05, 3.63) is 60.0 Å². The normalized spacial score (nSPS) is 26.1. The zero-order chi connectivity index (χ0) is 31.6. The first-order valence-electron chi connectivity index (χ1n) is 14.7. The van der Waals surface area contributed by atoms with Crippen LogP contribution in [0.3, 0.4) is 0 Å². The second kappa shape index (κ2) is 10.3. The summed E-state index contributed by atoms with van der Waals surface area (Å²) in [6.45, 7) is 22.0. The lowest BCUT2D eigenvalue weighted by atomic mass is 9.92. The molecule has 0 saturated carbocycles. The minimum absolute atomic E-state index is 0.0939. The van der Waals surface area contributed by atoms with Gasteiger partial charge in [-0.05, 0) is 60.5 Å². The fourth-order valence-corrected chi connectivity index (χ4v) is 7.40.